The second-order valence-corrected chi connectivity index (χ2v) is 3.95. The highest BCUT2D eigenvalue weighted by Gasteiger charge is 2.29. The van der Waals surface area contributed by atoms with Crippen LogP contribution >= 0.6 is 11.8 Å². The molecule has 0 saturated carbocycles. The van der Waals surface area contributed by atoms with Gasteiger partial charge >= 0.3 is 12.1 Å². The molecule has 2 nitrogen and oxygen atoms in total. The Morgan fingerprint density at radius 3 is 2.44 bits per heavy atom. The van der Waals surface area contributed by atoms with E-state index in [1.165, 1.54) is 12.1 Å². The number of hydrogen-bond donors (Lipinski definition) is 0. The highest BCUT2D eigenvalue weighted by molar-refractivity contribution is 8.04. The quantitative estimate of drug-likeness (QED) is 0.470. The van der Waals surface area contributed by atoms with Crippen molar-refractivity contribution >= 4 is 17.7 Å². The molecule has 1 rings (SSSR count). The highest BCUT2D eigenvalue weighted by Crippen LogP contribution is 2.30. The van der Waals surface area contributed by atoms with Crippen molar-refractivity contribution in [3.63, 3.8) is 0 Å². The van der Waals surface area contributed by atoms with E-state index in [1.807, 2.05) is 0 Å². The molecule has 96 valence electrons. The van der Waals surface area contributed by atoms with Gasteiger partial charge in [0.25, 0.3) is 0 Å². The van der Waals surface area contributed by atoms with Crippen LogP contribution in [0.1, 0.15) is 12.5 Å². The van der Waals surface area contributed by atoms with Crippen LogP contribution in [0.15, 0.2) is 29.2 Å². The second-order valence-electron chi connectivity index (χ2n) is 3.07. The number of halogens is 3. The summed E-state index contributed by atoms with van der Waals surface area (Å²) in [7, 11) is 0. The Hall–Kier alpha value is -1.61. The molecule has 0 amide bonds. The predicted molar refractivity (Wildman–Crippen MR) is 61.7 cm³/mol. The zero-order valence-corrected chi connectivity index (χ0v) is 10.2. The van der Waals surface area contributed by atoms with Gasteiger partial charge in [0.2, 0.25) is 0 Å². The molecule has 18 heavy (non-hydrogen) atoms. The van der Waals surface area contributed by atoms with E-state index in [-0.39, 0.29) is 6.61 Å². The fourth-order valence-electron chi connectivity index (χ4n) is 1.01. The molecule has 0 aliphatic rings. The summed E-state index contributed by atoms with van der Waals surface area (Å²) >= 11 is 0.965. The minimum Gasteiger partial charge on any atom is -0.456 e. The highest BCUT2D eigenvalue weighted by atomic mass is 32.2. The maximum Gasteiger partial charge on any atom is 0.416 e. The Bertz CT molecular complexity index is 469. The van der Waals surface area contributed by atoms with Gasteiger partial charge in [0.05, 0.1) is 12.2 Å². The van der Waals surface area contributed by atoms with E-state index in [0.717, 1.165) is 23.9 Å². The van der Waals surface area contributed by atoms with E-state index >= 15 is 0 Å². The van der Waals surface area contributed by atoms with Crippen LogP contribution in [-0.4, -0.2) is 12.6 Å². The lowest BCUT2D eigenvalue weighted by atomic mass is 10.2. The number of thioether (sulfide) groups is 1. The van der Waals surface area contributed by atoms with Gasteiger partial charge in [0.1, 0.15) is 0 Å². The van der Waals surface area contributed by atoms with Crippen LogP contribution in [0.2, 0.25) is 0 Å². The van der Waals surface area contributed by atoms with Crippen molar-refractivity contribution in [1.29, 1.82) is 0 Å². The van der Waals surface area contributed by atoms with Crippen LogP contribution < -0.4 is 0 Å². The summed E-state index contributed by atoms with van der Waals surface area (Å²) in [6, 6.07) is 4.53. The molecule has 0 atom stereocenters. The van der Waals surface area contributed by atoms with Crippen LogP contribution in [0.4, 0.5) is 13.2 Å². The normalized spacial score (nSPS) is 10.4. The summed E-state index contributed by atoms with van der Waals surface area (Å²) in [5, 5.41) is 2.46. The summed E-state index contributed by atoms with van der Waals surface area (Å²) in [4.78, 5) is 11.4. The molecule has 0 heterocycles. The number of carbonyl (C=O) groups excluding carboxylic acids is 1. The number of hydrogen-bond acceptors (Lipinski definition) is 3. The van der Waals surface area contributed by atoms with E-state index in [1.54, 1.807) is 6.92 Å². The third-order valence-electron chi connectivity index (χ3n) is 1.78. The molecule has 1 aromatic rings. The molecule has 1 aromatic carbocycles. The van der Waals surface area contributed by atoms with Crippen LogP contribution in [-0.2, 0) is 15.7 Å². The third kappa shape index (κ3) is 4.72. The van der Waals surface area contributed by atoms with E-state index in [9.17, 15) is 18.0 Å². The zero-order valence-electron chi connectivity index (χ0n) is 9.38. The topological polar surface area (TPSA) is 26.3 Å². The van der Waals surface area contributed by atoms with Gasteiger partial charge in [0.15, 0.2) is 0 Å². The van der Waals surface area contributed by atoms with Gasteiger partial charge in [-0.25, -0.2) is 4.79 Å². The first kappa shape index (κ1) is 14.5. The molecule has 0 N–H and O–H groups in total. The monoisotopic (exact) mass is 274 g/mol. The first-order valence-corrected chi connectivity index (χ1v) is 5.77. The Kier molecular flexibility index (Phi) is 5.10. The number of ether oxygens (including phenoxy) is 1. The van der Waals surface area contributed by atoms with Gasteiger partial charge in [-0.05, 0) is 48.2 Å². The maximum absolute atomic E-state index is 12.3. The molecule has 0 fully saturated rings. The van der Waals surface area contributed by atoms with Gasteiger partial charge in [-0.15, -0.1) is 0 Å². The molecule has 0 bridgehead atoms. The summed E-state index contributed by atoms with van der Waals surface area (Å²) in [6.45, 7) is 1.89. The van der Waals surface area contributed by atoms with Crippen molar-refractivity contribution in [3.05, 3.63) is 29.8 Å². The second kappa shape index (κ2) is 6.36. The van der Waals surface area contributed by atoms with E-state index < -0.39 is 17.7 Å². The van der Waals surface area contributed by atoms with Crippen molar-refractivity contribution in [1.82, 2.24) is 0 Å². The minimum absolute atomic E-state index is 0.235. The van der Waals surface area contributed by atoms with Gasteiger partial charge in [-0.2, -0.15) is 13.2 Å². The average molecular weight is 274 g/mol. The lowest BCUT2D eigenvalue weighted by Crippen LogP contribution is -2.03. The first-order chi connectivity index (χ1) is 8.43. The average Bonchev–Trinajstić information content (AvgIpc) is 2.29. The molecule has 6 heteroatoms. The molecule has 0 saturated heterocycles. The molecule has 0 radical (unpaired) electrons. The maximum atomic E-state index is 12.3. The number of carbonyl (C=O) groups is 1. The first-order valence-electron chi connectivity index (χ1n) is 4.95. The largest absolute Gasteiger partial charge is 0.456 e. The van der Waals surface area contributed by atoms with E-state index in [0.29, 0.717) is 4.90 Å². The van der Waals surface area contributed by atoms with Gasteiger partial charge in [-0.3, -0.25) is 0 Å². The van der Waals surface area contributed by atoms with Crippen LogP contribution in [0, 0.1) is 11.2 Å². The Labute approximate surface area is 107 Å². The number of rotatable bonds is 2. The van der Waals surface area contributed by atoms with E-state index in [4.69, 9.17) is 0 Å². The van der Waals surface area contributed by atoms with Crippen molar-refractivity contribution in [2.45, 2.75) is 18.0 Å². The third-order valence-corrected chi connectivity index (χ3v) is 2.49. The van der Waals surface area contributed by atoms with Crippen molar-refractivity contribution in [2.75, 3.05) is 6.61 Å². The Morgan fingerprint density at radius 2 is 1.94 bits per heavy atom. The van der Waals surface area contributed by atoms with Crippen LogP contribution in [0.5, 0.6) is 0 Å². The number of benzene rings is 1. The lowest BCUT2D eigenvalue weighted by Gasteiger charge is -2.05. The molecular formula is C12H9F3O2S. The SMILES string of the molecule is CCOC(=O)C#CSc1ccc(C(F)(F)F)cc1. The fraction of sp³-hybridized carbons (Fsp3) is 0.250. The van der Waals surface area contributed by atoms with E-state index in [2.05, 4.69) is 15.9 Å². The zero-order chi connectivity index (χ0) is 13.6. The standard InChI is InChI=1S/C12H9F3O2S/c1-2-17-11(16)7-8-18-10-5-3-9(4-6-10)12(13,14)15/h3-6H,2H2,1H3. The molecule has 0 aliphatic carbocycles. The number of alkyl halides is 3. The summed E-state index contributed by atoms with van der Waals surface area (Å²) in [5.41, 5.74) is -0.717. The smallest absolute Gasteiger partial charge is 0.416 e. The molecule has 0 spiro atoms. The van der Waals surface area contributed by atoms with Gasteiger partial charge in [0, 0.05) is 10.8 Å². The van der Waals surface area contributed by atoms with Crippen LogP contribution in [0.25, 0.3) is 0 Å². The van der Waals surface area contributed by atoms with Crippen molar-refractivity contribution in [2.24, 2.45) is 0 Å². The molecule has 0 aromatic heterocycles. The molecular weight excluding hydrogens is 265 g/mol. The van der Waals surface area contributed by atoms with Crippen molar-refractivity contribution < 1.29 is 22.7 Å². The lowest BCUT2D eigenvalue weighted by molar-refractivity contribution is -0.138. The van der Waals surface area contributed by atoms with Gasteiger partial charge in [-0.1, -0.05) is 0 Å². The summed E-state index contributed by atoms with van der Waals surface area (Å²) < 4.78 is 41.4. The Balaban J connectivity index is 2.62. The number of esters is 1. The fourth-order valence-corrected chi connectivity index (χ4v) is 1.53. The molecule has 0 aliphatic heterocycles. The Morgan fingerprint density at radius 1 is 1.33 bits per heavy atom. The predicted octanol–water partition coefficient (Wildman–Crippen LogP) is 3.32. The molecule has 0 unspecified atom stereocenters. The van der Waals surface area contributed by atoms with Crippen LogP contribution in [0.3, 0.4) is 0 Å². The minimum atomic E-state index is -4.35. The van der Waals surface area contributed by atoms with Crippen molar-refractivity contribution in [3.8, 4) is 11.2 Å². The summed E-state index contributed by atoms with van der Waals surface area (Å²) in [6.07, 6.45) is -4.35. The van der Waals surface area contributed by atoms with Gasteiger partial charge < -0.3 is 4.74 Å². The summed E-state index contributed by atoms with van der Waals surface area (Å²) in [5.74, 6) is 1.55.